The van der Waals surface area contributed by atoms with E-state index in [-0.39, 0.29) is 17.0 Å². The molecule has 0 radical (unpaired) electrons. The highest BCUT2D eigenvalue weighted by Crippen LogP contribution is 2.11. The first-order valence-corrected chi connectivity index (χ1v) is 4.27. The van der Waals surface area contributed by atoms with Crippen LogP contribution in [-0.2, 0) is 0 Å². The zero-order valence-electron chi connectivity index (χ0n) is 7.05. The van der Waals surface area contributed by atoms with Gasteiger partial charge >= 0.3 is 5.97 Å². The normalized spacial score (nSPS) is 9.00. The van der Waals surface area contributed by atoms with E-state index in [1.807, 2.05) is 0 Å². The molecule has 4 heteroatoms. The Hall–Kier alpha value is -1.53. The minimum Gasteiger partial charge on any atom is -0.478 e. The molecule has 1 aromatic rings. The second kappa shape index (κ2) is 4.64. The molecule has 14 heavy (non-hydrogen) atoms. The van der Waals surface area contributed by atoms with Crippen LogP contribution < -0.4 is 0 Å². The zero-order chi connectivity index (χ0) is 10.6. The molecular weight excluding hydrogens is 207 g/mol. The Labute approximate surface area is 85.3 Å². The van der Waals surface area contributed by atoms with Crippen molar-refractivity contribution in [1.82, 2.24) is 0 Å². The summed E-state index contributed by atoms with van der Waals surface area (Å²) < 4.78 is 13.3. The number of alkyl halides is 1. The van der Waals surface area contributed by atoms with Crippen LogP contribution in [0.4, 0.5) is 4.39 Å². The highest BCUT2D eigenvalue weighted by molar-refractivity contribution is 6.19. The lowest BCUT2D eigenvalue weighted by molar-refractivity contribution is 0.0692. The molecule has 0 spiro atoms. The van der Waals surface area contributed by atoms with Crippen LogP contribution in [0.15, 0.2) is 18.2 Å². The molecule has 0 unspecified atom stereocenters. The molecule has 0 heterocycles. The van der Waals surface area contributed by atoms with Crippen molar-refractivity contribution < 1.29 is 14.3 Å². The number of carboxylic acid groups (broad SMARTS) is 1. The number of benzene rings is 1. The number of carbonyl (C=O) groups is 1. The maximum atomic E-state index is 13.3. The predicted octanol–water partition coefficient (Wildman–Crippen LogP) is 2.11. The molecular formula is C10H6ClFO2. The lowest BCUT2D eigenvalue weighted by Crippen LogP contribution is -2.01. The quantitative estimate of drug-likeness (QED) is 0.572. The van der Waals surface area contributed by atoms with Crippen molar-refractivity contribution in [1.29, 1.82) is 0 Å². The Morgan fingerprint density at radius 2 is 2.29 bits per heavy atom. The third-order valence-corrected chi connectivity index (χ3v) is 1.65. The maximum Gasteiger partial charge on any atom is 0.338 e. The summed E-state index contributed by atoms with van der Waals surface area (Å²) in [7, 11) is 0. The van der Waals surface area contributed by atoms with Gasteiger partial charge in [0.15, 0.2) is 5.82 Å². The number of hydrogen-bond donors (Lipinski definition) is 1. The first-order valence-electron chi connectivity index (χ1n) is 3.73. The molecule has 1 N–H and O–H groups in total. The monoisotopic (exact) mass is 212 g/mol. The van der Waals surface area contributed by atoms with Gasteiger partial charge in [-0.3, -0.25) is 0 Å². The molecule has 2 nitrogen and oxygen atoms in total. The summed E-state index contributed by atoms with van der Waals surface area (Å²) in [5.74, 6) is 2.84. The van der Waals surface area contributed by atoms with Crippen LogP contribution in [0.2, 0.25) is 0 Å². The van der Waals surface area contributed by atoms with E-state index in [1.54, 1.807) is 0 Å². The van der Waals surface area contributed by atoms with Crippen molar-refractivity contribution in [2.45, 2.75) is 0 Å². The SMILES string of the molecule is O=C(O)c1cccc(C#CCCl)c1F. The second-order valence-corrected chi connectivity index (χ2v) is 2.67. The van der Waals surface area contributed by atoms with E-state index >= 15 is 0 Å². The summed E-state index contributed by atoms with van der Waals surface area (Å²) in [4.78, 5) is 10.5. The lowest BCUT2D eigenvalue weighted by atomic mass is 10.1. The molecule has 0 aliphatic heterocycles. The third kappa shape index (κ3) is 2.24. The van der Waals surface area contributed by atoms with Crippen molar-refractivity contribution in [3.05, 3.63) is 35.1 Å². The van der Waals surface area contributed by atoms with Crippen molar-refractivity contribution in [3.63, 3.8) is 0 Å². The molecule has 0 atom stereocenters. The van der Waals surface area contributed by atoms with E-state index in [0.717, 1.165) is 0 Å². The largest absolute Gasteiger partial charge is 0.478 e. The van der Waals surface area contributed by atoms with E-state index in [4.69, 9.17) is 16.7 Å². The zero-order valence-corrected chi connectivity index (χ0v) is 7.81. The fourth-order valence-electron chi connectivity index (χ4n) is 0.922. The van der Waals surface area contributed by atoms with Crippen molar-refractivity contribution in [3.8, 4) is 11.8 Å². The summed E-state index contributed by atoms with van der Waals surface area (Å²) in [5, 5.41) is 8.60. The van der Waals surface area contributed by atoms with Gasteiger partial charge < -0.3 is 5.11 Å². The number of rotatable bonds is 1. The summed E-state index contributed by atoms with van der Waals surface area (Å²) in [5.41, 5.74) is -0.336. The third-order valence-electron chi connectivity index (χ3n) is 1.52. The summed E-state index contributed by atoms with van der Waals surface area (Å²) in [6.45, 7) is 0. The van der Waals surface area contributed by atoms with Gasteiger partial charge in [0, 0.05) is 0 Å². The van der Waals surface area contributed by atoms with Crippen LogP contribution >= 0.6 is 11.6 Å². The molecule has 72 valence electrons. The van der Waals surface area contributed by atoms with E-state index in [9.17, 15) is 9.18 Å². The van der Waals surface area contributed by atoms with Gasteiger partial charge in [-0.15, -0.1) is 11.6 Å². The summed E-state index contributed by atoms with van der Waals surface area (Å²) in [6.07, 6.45) is 0. The van der Waals surface area contributed by atoms with E-state index in [2.05, 4.69) is 11.8 Å². The molecule has 1 rings (SSSR count). The van der Waals surface area contributed by atoms with Crippen LogP contribution in [0.5, 0.6) is 0 Å². The van der Waals surface area contributed by atoms with E-state index in [1.165, 1.54) is 18.2 Å². The van der Waals surface area contributed by atoms with Gasteiger partial charge in [-0.05, 0) is 12.1 Å². The Morgan fingerprint density at radius 1 is 1.57 bits per heavy atom. The minimum atomic E-state index is -1.31. The van der Waals surface area contributed by atoms with Gasteiger partial charge in [0.2, 0.25) is 0 Å². The fourth-order valence-corrected chi connectivity index (χ4v) is 0.989. The molecule has 0 aliphatic carbocycles. The minimum absolute atomic E-state index is 0.0468. The Kier molecular flexibility index (Phi) is 3.49. The van der Waals surface area contributed by atoms with Crippen LogP contribution in [0.3, 0.4) is 0 Å². The number of aromatic carboxylic acids is 1. The van der Waals surface area contributed by atoms with E-state index < -0.39 is 11.8 Å². The van der Waals surface area contributed by atoms with Gasteiger partial charge in [0.05, 0.1) is 17.0 Å². The molecule has 0 fully saturated rings. The standard InChI is InChI=1S/C10H6ClFO2/c11-6-2-4-7-3-1-5-8(9(7)12)10(13)14/h1,3,5H,6H2,(H,13,14). The van der Waals surface area contributed by atoms with Crippen LogP contribution in [-0.4, -0.2) is 17.0 Å². The number of hydrogen-bond acceptors (Lipinski definition) is 1. The average molecular weight is 213 g/mol. The van der Waals surface area contributed by atoms with Gasteiger partial charge in [-0.25, -0.2) is 9.18 Å². The topological polar surface area (TPSA) is 37.3 Å². The maximum absolute atomic E-state index is 13.3. The van der Waals surface area contributed by atoms with Gasteiger partial charge in [0.1, 0.15) is 0 Å². The highest BCUT2D eigenvalue weighted by Gasteiger charge is 2.11. The molecule has 0 bridgehead atoms. The van der Waals surface area contributed by atoms with E-state index in [0.29, 0.717) is 0 Å². The molecule has 0 saturated heterocycles. The van der Waals surface area contributed by atoms with Crippen molar-refractivity contribution >= 4 is 17.6 Å². The Bertz CT molecular complexity index is 418. The first kappa shape index (κ1) is 10.6. The highest BCUT2D eigenvalue weighted by atomic mass is 35.5. The molecule has 0 saturated carbocycles. The first-order chi connectivity index (χ1) is 6.66. The molecule has 0 aromatic heterocycles. The molecule has 0 aliphatic rings. The Balaban J connectivity index is 3.20. The predicted molar refractivity (Wildman–Crippen MR) is 51.0 cm³/mol. The molecule has 0 amide bonds. The Morgan fingerprint density at radius 3 is 2.86 bits per heavy atom. The summed E-state index contributed by atoms with van der Waals surface area (Å²) in [6, 6.07) is 4.02. The van der Waals surface area contributed by atoms with Crippen LogP contribution in [0, 0.1) is 17.7 Å². The lowest BCUT2D eigenvalue weighted by Gasteiger charge is -1.98. The van der Waals surface area contributed by atoms with Crippen molar-refractivity contribution in [2.75, 3.05) is 5.88 Å². The summed E-state index contributed by atoms with van der Waals surface area (Å²) >= 11 is 5.29. The average Bonchev–Trinajstić information content (AvgIpc) is 2.16. The molecule has 1 aromatic carbocycles. The van der Waals surface area contributed by atoms with Crippen molar-refractivity contribution in [2.24, 2.45) is 0 Å². The second-order valence-electron chi connectivity index (χ2n) is 2.41. The van der Waals surface area contributed by atoms with Gasteiger partial charge in [0.25, 0.3) is 0 Å². The fraction of sp³-hybridized carbons (Fsp3) is 0.100. The van der Waals surface area contributed by atoms with Gasteiger partial charge in [-0.2, -0.15) is 0 Å². The van der Waals surface area contributed by atoms with Crippen LogP contribution in [0.1, 0.15) is 15.9 Å². The smallest absolute Gasteiger partial charge is 0.338 e. The van der Waals surface area contributed by atoms with Gasteiger partial charge in [-0.1, -0.05) is 17.9 Å². The number of carboxylic acids is 1. The van der Waals surface area contributed by atoms with Crippen LogP contribution in [0.25, 0.3) is 0 Å². The number of halogens is 2.